The summed E-state index contributed by atoms with van der Waals surface area (Å²) in [6.45, 7) is 2.13. The van der Waals surface area contributed by atoms with Gasteiger partial charge in [0.1, 0.15) is 5.75 Å². The van der Waals surface area contributed by atoms with Crippen molar-refractivity contribution in [3.8, 4) is 5.75 Å². The molecule has 1 aromatic heterocycles. The molecule has 106 valence electrons. The summed E-state index contributed by atoms with van der Waals surface area (Å²) in [4.78, 5) is 4.42. The first kappa shape index (κ1) is 13.1. The van der Waals surface area contributed by atoms with Crippen molar-refractivity contribution in [2.45, 2.75) is 12.5 Å². The minimum Gasteiger partial charge on any atom is -0.497 e. The summed E-state index contributed by atoms with van der Waals surface area (Å²) in [6.07, 6.45) is 0.616. The fraction of sp³-hybridized carbons (Fsp3) is 0.429. The molecule has 0 radical (unpaired) electrons. The summed E-state index contributed by atoms with van der Waals surface area (Å²) in [6, 6.07) is 7.85. The molecule has 1 unspecified atom stereocenters. The Labute approximate surface area is 117 Å². The molecule has 3 rings (SSSR count). The summed E-state index contributed by atoms with van der Waals surface area (Å²) in [5.41, 5.74) is 1.11. The second-order valence-corrected chi connectivity index (χ2v) is 4.65. The van der Waals surface area contributed by atoms with Gasteiger partial charge < -0.3 is 19.3 Å². The van der Waals surface area contributed by atoms with Crippen LogP contribution in [0.25, 0.3) is 0 Å². The third-order valence-corrected chi connectivity index (χ3v) is 3.23. The van der Waals surface area contributed by atoms with Gasteiger partial charge in [-0.15, -0.1) is 0 Å². The van der Waals surface area contributed by atoms with Crippen LogP contribution in [0.3, 0.4) is 0 Å². The van der Waals surface area contributed by atoms with Crippen LogP contribution in [0, 0.1) is 0 Å². The molecule has 1 aliphatic heterocycles. The molecule has 1 fully saturated rings. The fourth-order valence-electron chi connectivity index (χ4n) is 2.13. The zero-order chi connectivity index (χ0) is 13.8. The fourth-order valence-corrected chi connectivity index (χ4v) is 2.13. The molecule has 1 aliphatic rings. The van der Waals surface area contributed by atoms with Gasteiger partial charge in [0, 0.05) is 6.54 Å². The maximum absolute atomic E-state index is 5.39. The standard InChI is InChI=1S/C14H17N3O3/c1-18-11-4-2-10(3-5-11)8-13-16-14(17-20-13)12-9-19-7-6-15-12/h2-5,12,15H,6-9H2,1H3. The number of aromatic nitrogens is 2. The van der Waals surface area contributed by atoms with Gasteiger partial charge in [0.25, 0.3) is 0 Å². The number of nitrogens with zero attached hydrogens (tertiary/aromatic N) is 2. The van der Waals surface area contributed by atoms with Crippen LogP contribution in [0.4, 0.5) is 0 Å². The summed E-state index contributed by atoms with van der Waals surface area (Å²) in [7, 11) is 1.65. The van der Waals surface area contributed by atoms with E-state index in [4.69, 9.17) is 14.0 Å². The van der Waals surface area contributed by atoms with Crippen molar-refractivity contribution >= 4 is 0 Å². The number of morpholine rings is 1. The van der Waals surface area contributed by atoms with E-state index in [0.717, 1.165) is 24.5 Å². The maximum Gasteiger partial charge on any atom is 0.231 e. The Hall–Kier alpha value is -1.92. The van der Waals surface area contributed by atoms with Crippen LogP contribution in [0.1, 0.15) is 23.3 Å². The van der Waals surface area contributed by atoms with E-state index in [1.807, 2.05) is 24.3 Å². The van der Waals surface area contributed by atoms with Gasteiger partial charge in [-0.05, 0) is 17.7 Å². The van der Waals surface area contributed by atoms with Crippen molar-refractivity contribution < 1.29 is 14.0 Å². The molecule has 0 amide bonds. The molecule has 1 N–H and O–H groups in total. The first-order valence-electron chi connectivity index (χ1n) is 6.61. The van der Waals surface area contributed by atoms with Gasteiger partial charge in [-0.25, -0.2) is 0 Å². The van der Waals surface area contributed by atoms with Crippen LogP contribution >= 0.6 is 0 Å². The van der Waals surface area contributed by atoms with Crippen LogP contribution in [0.15, 0.2) is 28.8 Å². The smallest absolute Gasteiger partial charge is 0.231 e. The number of hydrogen-bond donors (Lipinski definition) is 1. The summed E-state index contributed by atoms with van der Waals surface area (Å²) >= 11 is 0. The Kier molecular flexibility index (Phi) is 3.94. The SMILES string of the molecule is COc1ccc(Cc2nc(C3COCCN3)no2)cc1. The van der Waals surface area contributed by atoms with Gasteiger partial charge in [0.15, 0.2) is 5.82 Å². The molecule has 2 heterocycles. The van der Waals surface area contributed by atoms with E-state index in [-0.39, 0.29) is 6.04 Å². The number of rotatable bonds is 4. The van der Waals surface area contributed by atoms with Crippen molar-refractivity contribution in [2.75, 3.05) is 26.9 Å². The van der Waals surface area contributed by atoms with E-state index in [0.29, 0.717) is 24.7 Å². The van der Waals surface area contributed by atoms with Crippen molar-refractivity contribution in [1.82, 2.24) is 15.5 Å². The molecular formula is C14H17N3O3. The van der Waals surface area contributed by atoms with Crippen molar-refractivity contribution in [1.29, 1.82) is 0 Å². The summed E-state index contributed by atoms with van der Waals surface area (Å²) in [5.74, 6) is 2.11. The quantitative estimate of drug-likeness (QED) is 0.907. The average molecular weight is 275 g/mol. The predicted molar refractivity (Wildman–Crippen MR) is 71.7 cm³/mol. The Morgan fingerprint density at radius 1 is 1.35 bits per heavy atom. The molecular weight excluding hydrogens is 258 g/mol. The molecule has 1 aromatic carbocycles. The molecule has 1 atom stereocenters. The minimum absolute atomic E-state index is 0.0251. The molecule has 0 bridgehead atoms. The monoisotopic (exact) mass is 275 g/mol. The Balaban J connectivity index is 1.66. The normalized spacial score (nSPS) is 18.9. The van der Waals surface area contributed by atoms with Crippen molar-refractivity contribution in [2.24, 2.45) is 0 Å². The lowest BCUT2D eigenvalue weighted by Gasteiger charge is -2.20. The lowest BCUT2D eigenvalue weighted by molar-refractivity contribution is 0.0734. The number of hydrogen-bond acceptors (Lipinski definition) is 6. The van der Waals surface area contributed by atoms with Gasteiger partial charge >= 0.3 is 0 Å². The molecule has 0 saturated carbocycles. The highest BCUT2D eigenvalue weighted by molar-refractivity contribution is 5.28. The molecule has 0 spiro atoms. The van der Waals surface area contributed by atoms with Crippen LogP contribution in [0.5, 0.6) is 5.75 Å². The molecule has 0 aliphatic carbocycles. The van der Waals surface area contributed by atoms with E-state index in [2.05, 4.69) is 15.5 Å². The lowest BCUT2D eigenvalue weighted by Crippen LogP contribution is -2.35. The van der Waals surface area contributed by atoms with Crippen LogP contribution in [-0.4, -0.2) is 37.0 Å². The lowest BCUT2D eigenvalue weighted by atomic mass is 10.1. The van der Waals surface area contributed by atoms with Crippen LogP contribution in [0.2, 0.25) is 0 Å². The number of ether oxygens (including phenoxy) is 2. The Bertz CT molecular complexity index is 547. The minimum atomic E-state index is 0.0251. The third kappa shape index (κ3) is 2.97. The van der Waals surface area contributed by atoms with Crippen molar-refractivity contribution in [3.05, 3.63) is 41.5 Å². The number of nitrogens with one attached hydrogen (secondary N) is 1. The van der Waals surface area contributed by atoms with Gasteiger partial charge in [-0.3, -0.25) is 0 Å². The van der Waals surface area contributed by atoms with E-state index in [1.165, 1.54) is 0 Å². The van der Waals surface area contributed by atoms with Crippen LogP contribution in [-0.2, 0) is 11.2 Å². The highest BCUT2D eigenvalue weighted by Crippen LogP contribution is 2.16. The molecule has 2 aromatic rings. The Morgan fingerprint density at radius 3 is 2.90 bits per heavy atom. The van der Waals surface area contributed by atoms with E-state index in [1.54, 1.807) is 7.11 Å². The zero-order valence-electron chi connectivity index (χ0n) is 11.3. The highest BCUT2D eigenvalue weighted by atomic mass is 16.5. The third-order valence-electron chi connectivity index (χ3n) is 3.23. The van der Waals surface area contributed by atoms with E-state index >= 15 is 0 Å². The first-order valence-corrected chi connectivity index (χ1v) is 6.61. The Morgan fingerprint density at radius 2 is 2.20 bits per heavy atom. The van der Waals surface area contributed by atoms with Gasteiger partial charge in [0.2, 0.25) is 5.89 Å². The summed E-state index contributed by atoms with van der Waals surface area (Å²) < 4.78 is 15.8. The largest absolute Gasteiger partial charge is 0.497 e. The molecule has 1 saturated heterocycles. The second kappa shape index (κ2) is 6.02. The van der Waals surface area contributed by atoms with E-state index < -0.39 is 0 Å². The van der Waals surface area contributed by atoms with E-state index in [9.17, 15) is 0 Å². The van der Waals surface area contributed by atoms with Crippen molar-refractivity contribution in [3.63, 3.8) is 0 Å². The molecule has 6 heteroatoms. The van der Waals surface area contributed by atoms with Crippen LogP contribution < -0.4 is 10.1 Å². The maximum atomic E-state index is 5.39. The average Bonchev–Trinajstić information content (AvgIpc) is 2.97. The number of methoxy groups -OCH3 is 1. The van der Waals surface area contributed by atoms with Gasteiger partial charge in [-0.2, -0.15) is 4.98 Å². The predicted octanol–water partition coefficient (Wildman–Crippen LogP) is 1.33. The first-order chi connectivity index (χ1) is 9.85. The summed E-state index contributed by atoms with van der Waals surface area (Å²) in [5, 5.41) is 7.32. The topological polar surface area (TPSA) is 69.4 Å². The van der Waals surface area contributed by atoms with Gasteiger partial charge in [-0.1, -0.05) is 17.3 Å². The highest BCUT2D eigenvalue weighted by Gasteiger charge is 2.20. The molecule has 20 heavy (non-hydrogen) atoms. The number of benzene rings is 1. The van der Waals surface area contributed by atoms with Gasteiger partial charge in [0.05, 0.1) is 32.8 Å². The zero-order valence-corrected chi connectivity index (χ0v) is 11.3. The second-order valence-electron chi connectivity index (χ2n) is 4.65. The molecule has 6 nitrogen and oxygen atoms in total.